The van der Waals surface area contributed by atoms with Crippen LogP contribution in [0.3, 0.4) is 0 Å². The Morgan fingerprint density at radius 3 is 2.52 bits per heavy atom. The number of carbonyl (C=O) groups is 1. The molecule has 0 aliphatic heterocycles. The quantitative estimate of drug-likeness (QED) is 0.811. The number of hydrogen-bond acceptors (Lipinski definition) is 3. The highest BCUT2D eigenvalue weighted by molar-refractivity contribution is 5.93. The maximum atomic E-state index is 12.0. The normalized spacial score (nSPS) is 11.8. The van der Waals surface area contributed by atoms with Gasteiger partial charge in [-0.25, -0.2) is 0 Å². The highest BCUT2D eigenvalue weighted by Gasteiger charge is 2.18. The third-order valence-corrected chi connectivity index (χ3v) is 3.30. The zero-order valence-corrected chi connectivity index (χ0v) is 14.2. The number of hydrogen-bond donors (Lipinski definition) is 2. The van der Waals surface area contributed by atoms with Crippen molar-refractivity contribution < 1.29 is 4.79 Å². The molecule has 0 saturated heterocycles. The number of amides is 1. The van der Waals surface area contributed by atoms with Gasteiger partial charge >= 0.3 is 0 Å². The van der Waals surface area contributed by atoms with Gasteiger partial charge in [0, 0.05) is 18.8 Å². The van der Waals surface area contributed by atoms with Crippen LogP contribution in [0.1, 0.15) is 25.0 Å². The van der Waals surface area contributed by atoms with Crippen molar-refractivity contribution >= 4 is 11.6 Å². The molecule has 0 bridgehead atoms. The van der Waals surface area contributed by atoms with Crippen LogP contribution in [0.5, 0.6) is 0 Å². The fourth-order valence-electron chi connectivity index (χ4n) is 2.49. The first-order valence-electron chi connectivity index (χ1n) is 7.42. The fraction of sp³-hybridized carbons (Fsp3) is 0.588. The molecule has 0 saturated carbocycles. The topological polar surface area (TPSA) is 44.4 Å². The van der Waals surface area contributed by atoms with Gasteiger partial charge in [-0.2, -0.15) is 0 Å². The average Bonchev–Trinajstić information content (AvgIpc) is 2.31. The van der Waals surface area contributed by atoms with Crippen molar-refractivity contribution in [2.75, 3.05) is 39.0 Å². The third kappa shape index (κ3) is 6.74. The van der Waals surface area contributed by atoms with Gasteiger partial charge in [0.1, 0.15) is 0 Å². The van der Waals surface area contributed by atoms with Gasteiger partial charge < -0.3 is 15.5 Å². The van der Waals surface area contributed by atoms with Crippen molar-refractivity contribution in [1.29, 1.82) is 0 Å². The van der Waals surface area contributed by atoms with Crippen LogP contribution in [-0.2, 0) is 4.79 Å². The highest BCUT2D eigenvalue weighted by atomic mass is 16.1. The Kier molecular flexibility index (Phi) is 6.37. The molecule has 0 fully saturated rings. The van der Waals surface area contributed by atoms with E-state index in [1.165, 1.54) is 0 Å². The standard InChI is InChI=1S/C17H29N3O/c1-13-7-8-14(2)15(9-13)19-16(21)10-18-11-17(3,4)12-20(5)6/h7-9,18H,10-12H2,1-6H3,(H,19,21). The molecule has 1 amide bonds. The monoisotopic (exact) mass is 291 g/mol. The molecule has 118 valence electrons. The molecule has 0 spiro atoms. The van der Waals surface area contributed by atoms with Crippen LogP contribution in [0.25, 0.3) is 0 Å². The summed E-state index contributed by atoms with van der Waals surface area (Å²) < 4.78 is 0. The Morgan fingerprint density at radius 1 is 1.24 bits per heavy atom. The summed E-state index contributed by atoms with van der Waals surface area (Å²) in [6.45, 7) is 10.6. The summed E-state index contributed by atoms with van der Waals surface area (Å²) in [4.78, 5) is 14.2. The third-order valence-electron chi connectivity index (χ3n) is 3.30. The number of benzene rings is 1. The van der Waals surface area contributed by atoms with E-state index >= 15 is 0 Å². The first kappa shape index (κ1) is 17.7. The number of aryl methyl sites for hydroxylation is 2. The van der Waals surface area contributed by atoms with E-state index in [1.54, 1.807) is 0 Å². The Balaban J connectivity index is 2.43. The van der Waals surface area contributed by atoms with E-state index in [0.29, 0.717) is 6.54 Å². The van der Waals surface area contributed by atoms with Gasteiger partial charge in [-0.3, -0.25) is 4.79 Å². The van der Waals surface area contributed by atoms with Gasteiger partial charge in [0.25, 0.3) is 0 Å². The first-order chi connectivity index (χ1) is 9.69. The Morgan fingerprint density at radius 2 is 1.90 bits per heavy atom. The molecule has 0 aliphatic carbocycles. The lowest BCUT2D eigenvalue weighted by molar-refractivity contribution is -0.115. The van der Waals surface area contributed by atoms with Gasteiger partial charge in [0.2, 0.25) is 5.91 Å². The molecule has 2 N–H and O–H groups in total. The molecule has 0 aromatic heterocycles. The number of anilines is 1. The van der Waals surface area contributed by atoms with Crippen molar-refractivity contribution in [1.82, 2.24) is 10.2 Å². The minimum atomic E-state index is 0.00403. The zero-order valence-electron chi connectivity index (χ0n) is 14.2. The predicted octanol–water partition coefficient (Wildman–Crippen LogP) is 2.42. The molecule has 0 atom stereocenters. The Labute approximate surface area is 128 Å². The van der Waals surface area contributed by atoms with Crippen LogP contribution in [0.15, 0.2) is 18.2 Å². The number of nitrogens with zero attached hydrogens (tertiary/aromatic N) is 1. The molecule has 1 aromatic carbocycles. The van der Waals surface area contributed by atoms with Crippen molar-refractivity contribution in [2.45, 2.75) is 27.7 Å². The summed E-state index contributed by atoms with van der Waals surface area (Å²) in [5.41, 5.74) is 3.27. The van der Waals surface area contributed by atoms with Crippen LogP contribution in [-0.4, -0.2) is 44.5 Å². The second-order valence-electron chi connectivity index (χ2n) is 6.87. The molecule has 0 aliphatic rings. The molecule has 1 aromatic rings. The SMILES string of the molecule is Cc1ccc(C)c(NC(=O)CNCC(C)(C)CN(C)C)c1. The second-order valence-corrected chi connectivity index (χ2v) is 6.87. The van der Waals surface area contributed by atoms with E-state index in [0.717, 1.165) is 29.9 Å². The van der Waals surface area contributed by atoms with Crippen LogP contribution >= 0.6 is 0 Å². The summed E-state index contributed by atoms with van der Waals surface area (Å²) in [7, 11) is 4.13. The molecular formula is C17H29N3O. The van der Waals surface area contributed by atoms with E-state index in [4.69, 9.17) is 0 Å². The van der Waals surface area contributed by atoms with Crippen LogP contribution < -0.4 is 10.6 Å². The lowest BCUT2D eigenvalue weighted by atomic mass is 9.93. The molecule has 21 heavy (non-hydrogen) atoms. The lowest BCUT2D eigenvalue weighted by Gasteiger charge is -2.28. The largest absolute Gasteiger partial charge is 0.325 e. The lowest BCUT2D eigenvalue weighted by Crippen LogP contribution is -2.40. The molecule has 0 heterocycles. The number of carbonyl (C=O) groups excluding carboxylic acids is 1. The van der Waals surface area contributed by atoms with E-state index in [9.17, 15) is 4.79 Å². The maximum Gasteiger partial charge on any atom is 0.238 e. The summed E-state index contributed by atoms with van der Waals surface area (Å²) in [6.07, 6.45) is 0. The molecule has 0 unspecified atom stereocenters. The van der Waals surface area contributed by atoms with E-state index < -0.39 is 0 Å². The molecule has 0 radical (unpaired) electrons. The summed E-state index contributed by atoms with van der Waals surface area (Å²) in [6, 6.07) is 6.08. The van der Waals surface area contributed by atoms with Crippen molar-refractivity contribution in [3.63, 3.8) is 0 Å². The van der Waals surface area contributed by atoms with Crippen molar-refractivity contribution in [2.24, 2.45) is 5.41 Å². The van der Waals surface area contributed by atoms with Crippen molar-refractivity contribution in [3.05, 3.63) is 29.3 Å². The average molecular weight is 291 g/mol. The van der Waals surface area contributed by atoms with E-state index in [-0.39, 0.29) is 11.3 Å². The molecule has 4 heteroatoms. The van der Waals surface area contributed by atoms with Gasteiger partial charge in [0.05, 0.1) is 6.54 Å². The molecular weight excluding hydrogens is 262 g/mol. The van der Waals surface area contributed by atoms with E-state index in [2.05, 4.69) is 43.5 Å². The van der Waals surface area contributed by atoms with Crippen LogP contribution in [0.2, 0.25) is 0 Å². The Bertz CT molecular complexity index is 481. The predicted molar refractivity (Wildman–Crippen MR) is 89.8 cm³/mol. The molecule has 1 rings (SSSR count). The summed E-state index contributed by atoms with van der Waals surface area (Å²) >= 11 is 0. The minimum Gasteiger partial charge on any atom is -0.325 e. The summed E-state index contributed by atoms with van der Waals surface area (Å²) in [5, 5.41) is 6.21. The van der Waals surface area contributed by atoms with Gasteiger partial charge in [0.15, 0.2) is 0 Å². The van der Waals surface area contributed by atoms with Crippen LogP contribution in [0.4, 0.5) is 5.69 Å². The fourth-order valence-corrected chi connectivity index (χ4v) is 2.49. The first-order valence-corrected chi connectivity index (χ1v) is 7.42. The van der Waals surface area contributed by atoms with E-state index in [1.807, 2.05) is 32.0 Å². The van der Waals surface area contributed by atoms with Gasteiger partial charge in [-0.1, -0.05) is 26.0 Å². The zero-order chi connectivity index (χ0) is 16.0. The number of rotatable bonds is 7. The Hall–Kier alpha value is -1.39. The summed E-state index contributed by atoms with van der Waals surface area (Å²) in [5.74, 6) is 0.00403. The maximum absolute atomic E-state index is 12.0. The van der Waals surface area contributed by atoms with Gasteiger partial charge in [-0.15, -0.1) is 0 Å². The second kappa shape index (κ2) is 7.57. The molecule has 4 nitrogen and oxygen atoms in total. The highest BCUT2D eigenvalue weighted by Crippen LogP contribution is 2.16. The van der Waals surface area contributed by atoms with Gasteiger partial charge in [-0.05, 0) is 50.6 Å². The smallest absolute Gasteiger partial charge is 0.238 e. The number of nitrogens with one attached hydrogen (secondary N) is 2. The van der Waals surface area contributed by atoms with Crippen LogP contribution in [0, 0.1) is 19.3 Å². The van der Waals surface area contributed by atoms with Crippen molar-refractivity contribution in [3.8, 4) is 0 Å². The minimum absolute atomic E-state index is 0.00403.